The van der Waals surface area contributed by atoms with E-state index in [0.717, 1.165) is 25.9 Å². The van der Waals surface area contributed by atoms with Crippen molar-refractivity contribution in [2.45, 2.75) is 18.9 Å². The molecule has 0 aliphatic carbocycles. The van der Waals surface area contributed by atoms with E-state index in [4.69, 9.17) is 0 Å². The van der Waals surface area contributed by atoms with E-state index >= 15 is 0 Å². The molecule has 2 heterocycles. The Kier molecular flexibility index (Phi) is 5.90. The molecular weight excluding hydrogens is 316 g/mol. The largest absolute Gasteiger partial charge is 0.348 e. The van der Waals surface area contributed by atoms with Crippen LogP contribution >= 0.6 is 12.4 Å². The van der Waals surface area contributed by atoms with Crippen molar-refractivity contribution < 1.29 is 4.79 Å². The summed E-state index contributed by atoms with van der Waals surface area (Å²) in [6, 6.07) is 12.1. The zero-order valence-corrected chi connectivity index (χ0v) is 13.4. The minimum Gasteiger partial charge on any atom is -0.348 e. The van der Waals surface area contributed by atoms with Gasteiger partial charge >= 0.3 is 0 Å². The normalized spacial score (nSPS) is 14.8. The molecule has 23 heavy (non-hydrogen) atoms. The summed E-state index contributed by atoms with van der Waals surface area (Å²) in [4.78, 5) is 24.2. The first-order chi connectivity index (χ1) is 10.7. The smallest absolute Gasteiger partial charge is 0.271 e. The molecule has 1 aliphatic rings. The number of carbonyl (C=O) groups excluding carboxylic acids is 1. The van der Waals surface area contributed by atoms with Crippen molar-refractivity contribution in [2.24, 2.45) is 0 Å². The van der Waals surface area contributed by atoms with Gasteiger partial charge in [-0.25, -0.2) is 0 Å². The molecular formula is C16H19ClN4O2. The summed E-state index contributed by atoms with van der Waals surface area (Å²) >= 11 is 0. The average Bonchev–Trinajstić information content (AvgIpc) is 2.57. The predicted molar refractivity (Wildman–Crippen MR) is 90.4 cm³/mol. The van der Waals surface area contributed by atoms with E-state index in [1.807, 2.05) is 18.2 Å². The molecule has 1 fully saturated rings. The maximum Gasteiger partial charge on any atom is 0.271 e. The van der Waals surface area contributed by atoms with Crippen molar-refractivity contribution in [3.63, 3.8) is 0 Å². The van der Waals surface area contributed by atoms with Gasteiger partial charge in [0.05, 0.1) is 5.69 Å². The van der Waals surface area contributed by atoms with E-state index in [1.54, 1.807) is 12.1 Å². The molecule has 1 aromatic carbocycles. The molecule has 6 nitrogen and oxygen atoms in total. The van der Waals surface area contributed by atoms with Crippen LogP contribution in [0.3, 0.4) is 0 Å². The fourth-order valence-electron chi connectivity index (χ4n) is 2.51. The molecule has 2 N–H and O–H groups in total. The maximum absolute atomic E-state index is 12.3. The first-order valence-corrected chi connectivity index (χ1v) is 7.41. The minimum absolute atomic E-state index is 0. The number of aromatic nitrogens is 2. The lowest BCUT2D eigenvalue weighted by molar-refractivity contribution is 0.0922. The Balaban J connectivity index is 0.00000192. The monoisotopic (exact) mass is 334 g/mol. The van der Waals surface area contributed by atoms with E-state index in [2.05, 4.69) is 15.7 Å². The zero-order chi connectivity index (χ0) is 15.4. The summed E-state index contributed by atoms with van der Waals surface area (Å²) < 4.78 is 1.25. The second-order valence-electron chi connectivity index (χ2n) is 5.30. The van der Waals surface area contributed by atoms with Crippen molar-refractivity contribution in [1.29, 1.82) is 0 Å². The number of hydrogen-bond acceptors (Lipinski definition) is 4. The van der Waals surface area contributed by atoms with Crippen LogP contribution < -0.4 is 16.2 Å². The first kappa shape index (κ1) is 17.2. The van der Waals surface area contributed by atoms with Crippen molar-refractivity contribution in [2.75, 3.05) is 13.1 Å². The van der Waals surface area contributed by atoms with Gasteiger partial charge in [0.25, 0.3) is 11.5 Å². The fourth-order valence-corrected chi connectivity index (χ4v) is 2.51. The summed E-state index contributed by atoms with van der Waals surface area (Å²) in [6.45, 7) is 1.81. The Bertz CT molecular complexity index is 712. The Morgan fingerprint density at radius 3 is 2.52 bits per heavy atom. The number of amides is 1. The molecule has 0 unspecified atom stereocenters. The van der Waals surface area contributed by atoms with Crippen LogP contribution in [0.5, 0.6) is 0 Å². The van der Waals surface area contributed by atoms with Crippen LogP contribution in [0.1, 0.15) is 23.3 Å². The summed E-state index contributed by atoms with van der Waals surface area (Å²) in [5.41, 5.74) is 0.635. The van der Waals surface area contributed by atoms with Gasteiger partial charge in [0.15, 0.2) is 0 Å². The molecule has 2 aromatic rings. The highest BCUT2D eigenvalue weighted by atomic mass is 35.5. The predicted octanol–water partition coefficient (Wildman–Crippen LogP) is 1.14. The SMILES string of the molecule is Cl.O=C(NC1CCNCC1)c1ccc(=O)n(-c2ccccc2)n1. The van der Waals surface area contributed by atoms with Gasteiger partial charge in [-0.15, -0.1) is 12.4 Å². The Morgan fingerprint density at radius 2 is 1.83 bits per heavy atom. The fraction of sp³-hybridized carbons (Fsp3) is 0.312. The van der Waals surface area contributed by atoms with Gasteiger partial charge < -0.3 is 10.6 Å². The molecule has 0 saturated carbocycles. The van der Waals surface area contributed by atoms with E-state index in [0.29, 0.717) is 5.69 Å². The number of hydrogen-bond donors (Lipinski definition) is 2. The van der Waals surface area contributed by atoms with Gasteiger partial charge in [0.1, 0.15) is 5.69 Å². The molecule has 122 valence electrons. The average molecular weight is 335 g/mol. The van der Waals surface area contributed by atoms with Gasteiger partial charge in [-0.3, -0.25) is 9.59 Å². The molecule has 0 radical (unpaired) electrons. The molecule has 1 aromatic heterocycles. The molecule has 1 aliphatic heterocycles. The highest BCUT2D eigenvalue weighted by Gasteiger charge is 2.17. The maximum atomic E-state index is 12.3. The van der Waals surface area contributed by atoms with Crippen molar-refractivity contribution in [3.05, 3.63) is 58.5 Å². The van der Waals surface area contributed by atoms with E-state index in [-0.39, 0.29) is 35.6 Å². The Labute approximate surface area is 140 Å². The first-order valence-electron chi connectivity index (χ1n) is 7.41. The van der Waals surface area contributed by atoms with Gasteiger partial charge in [-0.2, -0.15) is 9.78 Å². The van der Waals surface area contributed by atoms with Crippen molar-refractivity contribution in [1.82, 2.24) is 20.4 Å². The van der Waals surface area contributed by atoms with Crippen LogP contribution in [0, 0.1) is 0 Å². The third-order valence-electron chi connectivity index (χ3n) is 3.71. The van der Waals surface area contributed by atoms with Crippen LogP contribution in [0.25, 0.3) is 5.69 Å². The number of rotatable bonds is 3. The van der Waals surface area contributed by atoms with Crippen molar-refractivity contribution in [3.8, 4) is 5.69 Å². The number of benzene rings is 1. The number of piperidine rings is 1. The number of halogens is 1. The lowest BCUT2D eigenvalue weighted by Crippen LogP contribution is -2.43. The number of para-hydroxylation sites is 1. The molecule has 1 amide bonds. The third-order valence-corrected chi connectivity index (χ3v) is 3.71. The summed E-state index contributed by atoms with van der Waals surface area (Å²) in [6.07, 6.45) is 1.81. The molecule has 0 atom stereocenters. The number of carbonyl (C=O) groups is 1. The second kappa shape index (κ2) is 7.89. The topological polar surface area (TPSA) is 76.0 Å². The van der Waals surface area contributed by atoms with Gasteiger partial charge in [0.2, 0.25) is 0 Å². The Morgan fingerprint density at radius 1 is 1.13 bits per heavy atom. The minimum atomic E-state index is -0.260. The molecule has 0 spiro atoms. The van der Waals surface area contributed by atoms with E-state index in [9.17, 15) is 9.59 Å². The number of nitrogens with zero attached hydrogens (tertiary/aromatic N) is 2. The third kappa shape index (κ3) is 4.18. The summed E-state index contributed by atoms with van der Waals surface area (Å²) in [5.74, 6) is -0.239. The summed E-state index contributed by atoms with van der Waals surface area (Å²) in [5, 5.41) is 10.4. The zero-order valence-electron chi connectivity index (χ0n) is 12.6. The van der Waals surface area contributed by atoms with E-state index in [1.165, 1.54) is 16.8 Å². The van der Waals surface area contributed by atoms with Gasteiger partial charge in [-0.1, -0.05) is 18.2 Å². The van der Waals surface area contributed by atoms with Crippen molar-refractivity contribution >= 4 is 18.3 Å². The second-order valence-corrected chi connectivity index (χ2v) is 5.30. The highest BCUT2D eigenvalue weighted by Crippen LogP contribution is 2.05. The lowest BCUT2D eigenvalue weighted by Gasteiger charge is -2.23. The standard InChI is InChI=1S/C16H18N4O2.ClH/c21-15-7-6-14(16(22)18-12-8-10-17-11-9-12)19-20(15)13-4-2-1-3-5-13;/h1-7,12,17H,8-11H2,(H,18,22);1H. The Hall–Kier alpha value is -2.18. The number of nitrogens with one attached hydrogen (secondary N) is 2. The molecule has 1 saturated heterocycles. The quantitative estimate of drug-likeness (QED) is 0.882. The van der Waals surface area contributed by atoms with Crippen LogP contribution in [0.2, 0.25) is 0 Å². The van der Waals surface area contributed by atoms with Crippen LogP contribution in [0.4, 0.5) is 0 Å². The lowest BCUT2D eigenvalue weighted by atomic mass is 10.1. The molecule has 3 rings (SSSR count). The van der Waals surface area contributed by atoms with Crippen LogP contribution in [-0.2, 0) is 0 Å². The summed E-state index contributed by atoms with van der Waals surface area (Å²) in [7, 11) is 0. The van der Waals surface area contributed by atoms with Gasteiger partial charge in [0, 0.05) is 12.1 Å². The van der Waals surface area contributed by atoms with Gasteiger partial charge in [-0.05, 0) is 44.1 Å². The molecule has 0 bridgehead atoms. The van der Waals surface area contributed by atoms with Crippen LogP contribution in [0.15, 0.2) is 47.3 Å². The van der Waals surface area contributed by atoms with Crippen LogP contribution in [-0.4, -0.2) is 34.8 Å². The molecule has 7 heteroatoms. The van der Waals surface area contributed by atoms with E-state index < -0.39 is 0 Å². The highest BCUT2D eigenvalue weighted by molar-refractivity contribution is 5.92.